The van der Waals surface area contributed by atoms with E-state index >= 15 is 0 Å². The highest BCUT2D eigenvalue weighted by Crippen LogP contribution is 2.34. The highest BCUT2D eigenvalue weighted by molar-refractivity contribution is 5.78. The van der Waals surface area contributed by atoms with Crippen molar-refractivity contribution in [1.29, 1.82) is 0 Å². The maximum atomic E-state index is 11.8. The van der Waals surface area contributed by atoms with E-state index < -0.39 is 0 Å². The molecular weight excluding hydrogens is 332 g/mol. The summed E-state index contributed by atoms with van der Waals surface area (Å²) in [5.41, 5.74) is 5.41. The van der Waals surface area contributed by atoms with Crippen molar-refractivity contribution < 1.29 is 4.79 Å². The van der Waals surface area contributed by atoms with Gasteiger partial charge in [0.05, 0.1) is 0 Å². The Labute approximate surface area is 162 Å². The molecular formula is C24H30N2O. The van der Waals surface area contributed by atoms with Gasteiger partial charge in [-0.25, -0.2) is 0 Å². The van der Waals surface area contributed by atoms with Gasteiger partial charge in [-0.1, -0.05) is 48.5 Å². The van der Waals surface area contributed by atoms with Crippen LogP contribution >= 0.6 is 0 Å². The Kier molecular flexibility index (Phi) is 5.58. The number of carbonyl (C=O) groups is 1. The Bertz CT molecular complexity index is 779. The number of carbonyl (C=O) groups excluding carboxylic acids is 1. The molecule has 2 fully saturated rings. The molecule has 0 bridgehead atoms. The van der Waals surface area contributed by atoms with Crippen molar-refractivity contribution in [2.75, 3.05) is 6.54 Å². The van der Waals surface area contributed by atoms with Crippen LogP contribution in [0, 0.1) is 12.8 Å². The second kappa shape index (κ2) is 8.26. The van der Waals surface area contributed by atoms with Gasteiger partial charge in [-0.15, -0.1) is 0 Å². The van der Waals surface area contributed by atoms with Gasteiger partial charge in [0.15, 0.2) is 0 Å². The predicted octanol–water partition coefficient (Wildman–Crippen LogP) is 4.23. The zero-order chi connectivity index (χ0) is 18.6. The van der Waals surface area contributed by atoms with Gasteiger partial charge in [0.2, 0.25) is 5.91 Å². The van der Waals surface area contributed by atoms with Crippen molar-refractivity contribution in [2.45, 2.75) is 58.2 Å². The normalized spacial score (nSPS) is 18.1. The molecule has 2 aromatic rings. The lowest BCUT2D eigenvalue weighted by atomic mass is 9.98. The molecule has 4 rings (SSSR count). The summed E-state index contributed by atoms with van der Waals surface area (Å²) in [6.45, 7) is 4.79. The van der Waals surface area contributed by atoms with Crippen LogP contribution in [-0.4, -0.2) is 23.4 Å². The number of nitrogens with zero attached hydrogens (tertiary/aromatic N) is 1. The quantitative estimate of drug-likeness (QED) is 0.762. The summed E-state index contributed by atoms with van der Waals surface area (Å²) in [4.78, 5) is 13.8. The highest BCUT2D eigenvalue weighted by atomic mass is 16.2. The SMILES string of the molecule is Cc1ccccc1CC(NCc1ccc(CN2CCCC2=O)cc1)C1CC1. The molecule has 2 aromatic carbocycles. The van der Waals surface area contributed by atoms with Crippen molar-refractivity contribution in [2.24, 2.45) is 5.92 Å². The lowest BCUT2D eigenvalue weighted by Gasteiger charge is -2.20. The van der Waals surface area contributed by atoms with Gasteiger partial charge in [-0.05, 0) is 60.8 Å². The molecule has 142 valence electrons. The van der Waals surface area contributed by atoms with Crippen LogP contribution in [0.4, 0.5) is 0 Å². The van der Waals surface area contributed by atoms with E-state index in [1.54, 1.807) is 0 Å². The number of benzene rings is 2. The van der Waals surface area contributed by atoms with Crippen LogP contribution in [0.5, 0.6) is 0 Å². The topological polar surface area (TPSA) is 32.3 Å². The molecule has 0 aromatic heterocycles. The number of likely N-dealkylation sites (tertiary alicyclic amines) is 1. The lowest BCUT2D eigenvalue weighted by molar-refractivity contribution is -0.128. The third-order valence-electron chi connectivity index (χ3n) is 6.03. The molecule has 1 amide bonds. The van der Waals surface area contributed by atoms with E-state index in [9.17, 15) is 4.79 Å². The average molecular weight is 363 g/mol. The summed E-state index contributed by atoms with van der Waals surface area (Å²) >= 11 is 0. The summed E-state index contributed by atoms with van der Waals surface area (Å²) in [6.07, 6.45) is 5.54. The standard InChI is InChI=1S/C24H30N2O/c1-18-5-2-3-6-22(18)15-23(21-12-13-21)25-16-19-8-10-20(11-9-19)17-26-14-4-7-24(26)27/h2-3,5-6,8-11,21,23,25H,4,7,12-17H2,1H3. The minimum Gasteiger partial charge on any atom is -0.338 e. The van der Waals surface area contributed by atoms with E-state index in [2.05, 4.69) is 60.8 Å². The number of rotatable bonds is 8. The molecule has 3 nitrogen and oxygen atoms in total. The monoisotopic (exact) mass is 362 g/mol. The largest absolute Gasteiger partial charge is 0.338 e. The summed E-state index contributed by atoms with van der Waals surface area (Å²) in [5, 5.41) is 3.81. The number of hydrogen-bond donors (Lipinski definition) is 1. The molecule has 1 unspecified atom stereocenters. The number of hydrogen-bond acceptors (Lipinski definition) is 2. The third-order valence-corrected chi connectivity index (χ3v) is 6.03. The van der Waals surface area contributed by atoms with Crippen LogP contribution in [0.2, 0.25) is 0 Å². The van der Waals surface area contributed by atoms with Gasteiger partial charge in [-0.3, -0.25) is 4.79 Å². The van der Waals surface area contributed by atoms with Gasteiger partial charge in [0.25, 0.3) is 0 Å². The molecule has 1 aliphatic carbocycles. The zero-order valence-corrected chi connectivity index (χ0v) is 16.3. The first-order valence-corrected chi connectivity index (χ1v) is 10.3. The van der Waals surface area contributed by atoms with Crippen LogP contribution in [-0.2, 0) is 24.3 Å². The maximum absolute atomic E-state index is 11.8. The molecule has 0 radical (unpaired) electrons. The number of aryl methyl sites for hydroxylation is 1. The minimum absolute atomic E-state index is 0.296. The van der Waals surface area contributed by atoms with E-state index in [1.165, 1.54) is 35.1 Å². The molecule has 1 aliphatic heterocycles. The summed E-state index contributed by atoms with van der Waals surface area (Å²) in [5.74, 6) is 1.12. The molecule has 0 spiro atoms. The molecule has 1 saturated heterocycles. The van der Waals surface area contributed by atoms with Gasteiger partial charge in [0.1, 0.15) is 0 Å². The van der Waals surface area contributed by atoms with Crippen LogP contribution in [0.25, 0.3) is 0 Å². The van der Waals surface area contributed by atoms with Crippen molar-refractivity contribution in [3.63, 3.8) is 0 Å². The van der Waals surface area contributed by atoms with Crippen LogP contribution in [0.15, 0.2) is 48.5 Å². The van der Waals surface area contributed by atoms with E-state index in [-0.39, 0.29) is 0 Å². The fourth-order valence-corrected chi connectivity index (χ4v) is 4.08. The summed E-state index contributed by atoms with van der Waals surface area (Å²) in [7, 11) is 0. The number of amides is 1. The molecule has 1 atom stereocenters. The van der Waals surface area contributed by atoms with Crippen molar-refractivity contribution in [1.82, 2.24) is 10.2 Å². The van der Waals surface area contributed by atoms with Crippen molar-refractivity contribution in [3.8, 4) is 0 Å². The fourth-order valence-electron chi connectivity index (χ4n) is 4.08. The Morgan fingerprint density at radius 3 is 2.48 bits per heavy atom. The Morgan fingerprint density at radius 1 is 1.07 bits per heavy atom. The summed E-state index contributed by atoms with van der Waals surface area (Å²) < 4.78 is 0. The first kappa shape index (κ1) is 18.2. The molecule has 1 saturated carbocycles. The zero-order valence-electron chi connectivity index (χ0n) is 16.3. The van der Waals surface area contributed by atoms with E-state index in [0.29, 0.717) is 18.4 Å². The average Bonchev–Trinajstić information content (AvgIpc) is 3.45. The van der Waals surface area contributed by atoms with Crippen LogP contribution in [0.3, 0.4) is 0 Å². The first-order valence-electron chi connectivity index (χ1n) is 10.3. The van der Waals surface area contributed by atoms with Gasteiger partial charge in [0, 0.05) is 32.1 Å². The number of nitrogens with one attached hydrogen (secondary N) is 1. The second-order valence-electron chi connectivity index (χ2n) is 8.19. The Morgan fingerprint density at radius 2 is 1.81 bits per heavy atom. The van der Waals surface area contributed by atoms with Gasteiger partial charge >= 0.3 is 0 Å². The van der Waals surface area contributed by atoms with Crippen LogP contribution in [0.1, 0.15) is 47.9 Å². The molecule has 27 heavy (non-hydrogen) atoms. The minimum atomic E-state index is 0.296. The first-order chi connectivity index (χ1) is 13.2. The van der Waals surface area contributed by atoms with E-state index in [4.69, 9.17) is 0 Å². The highest BCUT2D eigenvalue weighted by Gasteiger charge is 2.31. The summed E-state index contributed by atoms with van der Waals surface area (Å²) in [6, 6.07) is 18.1. The maximum Gasteiger partial charge on any atom is 0.222 e. The van der Waals surface area contributed by atoms with Gasteiger partial charge < -0.3 is 10.2 Å². The van der Waals surface area contributed by atoms with Crippen LogP contribution < -0.4 is 5.32 Å². The fraction of sp³-hybridized carbons (Fsp3) is 0.458. The van der Waals surface area contributed by atoms with Gasteiger partial charge in [-0.2, -0.15) is 0 Å². The van der Waals surface area contributed by atoms with Crippen molar-refractivity contribution >= 4 is 5.91 Å². The van der Waals surface area contributed by atoms with E-state index in [1.807, 2.05) is 4.90 Å². The Balaban J connectivity index is 1.32. The molecule has 1 heterocycles. The third kappa shape index (κ3) is 4.78. The molecule has 1 N–H and O–H groups in total. The lowest BCUT2D eigenvalue weighted by Crippen LogP contribution is -2.33. The van der Waals surface area contributed by atoms with Crippen molar-refractivity contribution in [3.05, 3.63) is 70.8 Å². The smallest absolute Gasteiger partial charge is 0.222 e. The molecule has 2 aliphatic rings. The predicted molar refractivity (Wildman–Crippen MR) is 109 cm³/mol. The van der Waals surface area contributed by atoms with E-state index in [0.717, 1.165) is 38.4 Å². The second-order valence-corrected chi connectivity index (χ2v) is 8.19. The molecule has 3 heteroatoms. The Hall–Kier alpha value is -2.13.